The van der Waals surface area contributed by atoms with E-state index in [0.717, 1.165) is 5.82 Å². The Morgan fingerprint density at radius 1 is 1.33 bits per heavy atom. The van der Waals surface area contributed by atoms with Crippen molar-refractivity contribution in [3.63, 3.8) is 0 Å². The molecule has 1 aromatic heterocycles. The molecule has 2 aromatic rings. The predicted octanol–water partition coefficient (Wildman–Crippen LogP) is 2.88. The van der Waals surface area contributed by atoms with Gasteiger partial charge in [0.25, 0.3) is 0 Å². The summed E-state index contributed by atoms with van der Waals surface area (Å²) in [7, 11) is 0. The summed E-state index contributed by atoms with van der Waals surface area (Å²) in [5, 5.41) is 11.6. The molecule has 1 atom stereocenters. The van der Waals surface area contributed by atoms with E-state index in [4.69, 9.17) is 23.2 Å². The van der Waals surface area contributed by atoms with Crippen LogP contribution in [0.2, 0.25) is 10.0 Å². The second kappa shape index (κ2) is 8.27. The van der Waals surface area contributed by atoms with Crippen molar-refractivity contribution in [1.82, 2.24) is 20.1 Å². The van der Waals surface area contributed by atoms with E-state index in [1.807, 2.05) is 18.4 Å². The zero-order chi connectivity index (χ0) is 19.6. The maximum absolute atomic E-state index is 12.6. The van der Waals surface area contributed by atoms with Crippen molar-refractivity contribution in [2.75, 3.05) is 18.0 Å². The van der Waals surface area contributed by atoms with Gasteiger partial charge in [0, 0.05) is 31.2 Å². The van der Waals surface area contributed by atoms with Gasteiger partial charge < -0.3 is 14.8 Å². The minimum Gasteiger partial charge on any atom is -0.355 e. The molecule has 1 aliphatic rings. The Morgan fingerprint density at radius 3 is 2.81 bits per heavy atom. The average molecular weight is 410 g/mol. The highest BCUT2D eigenvalue weighted by molar-refractivity contribution is 6.42. The Balaban J connectivity index is 1.57. The third kappa shape index (κ3) is 4.25. The van der Waals surface area contributed by atoms with Gasteiger partial charge in [0.1, 0.15) is 18.1 Å². The first-order valence-corrected chi connectivity index (χ1v) is 9.56. The van der Waals surface area contributed by atoms with Gasteiger partial charge in [0.05, 0.1) is 10.0 Å². The molecular weight excluding hydrogens is 389 g/mol. The molecule has 1 N–H and O–H groups in total. The lowest BCUT2D eigenvalue weighted by Crippen LogP contribution is -2.37. The van der Waals surface area contributed by atoms with E-state index < -0.39 is 5.92 Å². The lowest BCUT2D eigenvalue weighted by Gasteiger charge is -2.17. The average Bonchev–Trinajstić information content (AvgIpc) is 3.24. The fourth-order valence-electron chi connectivity index (χ4n) is 3.13. The third-order valence-electron chi connectivity index (χ3n) is 4.59. The van der Waals surface area contributed by atoms with E-state index in [-0.39, 0.29) is 17.9 Å². The second-order valence-corrected chi connectivity index (χ2v) is 7.53. The SMILES string of the molecule is CC(C)n1cnnc1CCNC(=O)C1CCN(c2ccc(Cl)c(Cl)c2)C1=O. The Morgan fingerprint density at radius 2 is 2.11 bits per heavy atom. The fourth-order valence-corrected chi connectivity index (χ4v) is 3.42. The molecule has 3 rings (SSSR count). The van der Waals surface area contributed by atoms with Crippen molar-refractivity contribution in [1.29, 1.82) is 0 Å². The molecule has 0 spiro atoms. The summed E-state index contributed by atoms with van der Waals surface area (Å²) in [5.74, 6) is -0.377. The molecule has 1 aromatic carbocycles. The fraction of sp³-hybridized carbons (Fsp3) is 0.444. The van der Waals surface area contributed by atoms with Crippen LogP contribution in [0.4, 0.5) is 5.69 Å². The molecule has 7 nitrogen and oxygen atoms in total. The Kier molecular flexibility index (Phi) is 6.01. The normalized spacial score (nSPS) is 17.0. The standard InChI is InChI=1S/C18H21Cl2N5O2/c1-11(2)25-10-22-23-16(25)5-7-21-17(26)13-6-8-24(18(13)27)12-3-4-14(19)15(20)9-12/h3-4,9-11,13H,5-8H2,1-2H3,(H,21,26). The summed E-state index contributed by atoms with van der Waals surface area (Å²) in [6, 6.07) is 5.26. The van der Waals surface area contributed by atoms with E-state index in [9.17, 15) is 9.59 Å². The van der Waals surface area contributed by atoms with Crippen molar-refractivity contribution in [3.05, 3.63) is 40.4 Å². The van der Waals surface area contributed by atoms with Crippen LogP contribution in [0.3, 0.4) is 0 Å². The number of rotatable bonds is 6. The zero-order valence-corrected chi connectivity index (χ0v) is 16.7. The third-order valence-corrected chi connectivity index (χ3v) is 5.33. The van der Waals surface area contributed by atoms with Crippen LogP contribution in [-0.2, 0) is 16.0 Å². The van der Waals surface area contributed by atoms with Gasteiger partial charge in [0.15, 0.2) is 0 Å². The number of halogens is 2. The molecular formula is C18H21Cl2N5O2. The van der Waals surface area contributed by atoms with Gasteiger partial charge in [-0.05, 0) is 38.5 Å². The highest BCUT2D eigenvalue weighted by Gasteiger charge is 2.37. The number of hydrogen-bond acceptors (Lipinski definition) is 4. The first-order valence-electron chi connectivity index (χ1n) is 8.81. The molecule has 2 heterocycles. The summed E-state index contributed by atoms with van der Waals surface area (Å²) in [4.78, 5) is 26.7. The molecule has 27 heavy (non-hydrogen) atoms. The number of nitrogens with zero attached hydrogens (tertiary/aromatic N) is 4. The molecule has 144 valence electrons. The van der Waals surface area contributed by atoms with Crippen molar-refractivity contribution in [3.8, 4) is 0 Å². The van der Waals surface area contributed by atoms with Crippen molar-refractivity contribution in [2.45, 2.75) is 32.7 Å². The molecule has 1 fully saturated rings. The maximum Gasteiger partial charge on any atom is 0.239 e. The minimum atomic E-state index is -0.692. The highest BCUT2D eigenvalue weighted by Crippen LogP contribution is 2.31. The molecule has 0 saturated carbocycles. The maximum atomic E-state index is 12.6. The topological polar surface area (TPSA) is 80.1 Å². The number of amides is 2. The number of benzene rings is 1. The number of carbonyl (C=O) groups excluding carboxylic acids is 2. The number of carbonyl (C=O) groups is 2. The Hall–Kier alpha value is -2.12. The van der Waals surface area contributed by atoms with Gasteiger partial charge in [-0.3, -0.25) is 9.59 Å². The van der Waals surface area contributed by atoms with Crippen LogP contribution in [-0.4, -0.2) is 39.7 Å². The van der Waals surface area contributed by atoms with E-state index >= 15 is 0 Å². The van der Waals surface area contributed by atoms with Crippen LogP contribution in [0, 0.1) is 5.92 Å². The number of anilines is 1. The van der Waals surface area contributed by atoms with E-state index in [1.54, 1.807) is 29.4 Å². The van der Waals surface area contributed by atoms with Gasteiger partial charge in [-0.1, -0.05) is 23.2 Å². The predicted molar refractivity (Wildman–Crippen MR) is 104 cm³/mol. The number of nitrogens with one attached hydrogen (secondary N) is 1. The summed E-state index contributed by atoms with van der Waals surface area (Å²) in [6.07, 6.45) is 2.70. The van der Waals surface area contributed by atoms with Gasteiger partial charge in [-0.15, -0.1) is 10.2 Å². The largest absolute Gasteiger partial charge is 0.355 e. The molecule has 0 aliphatic carbocycles. The van der Waals surface area contributed by atoms with Crippen LogP contribution < -0.4 is 10.2 Å². The highest BCUT2D eigenvalue weighted by atomic mass is 35.5. The summed E-state index contributed by atoms with van der Waals surface area (Å²) in [6.45, 7) is 4.96. The first kappa shape index (κ1) is 19.6. The molecule has 1 unspecified atom stereocenters. The smallest absolute Gasteiger partial charge is 0.239 e. The van der Waals surface area contributed by atoms with Crippen LogP contribution in [0.15, 0.2) is 24.5 Å². The van der Waals surface area contributed by atoms with Crippen molar-refractivity contribution in [2.24, 2.45) is 5.92 Å². The van der Waals surface area contributed by atoms with Gasteiger partial charge >= 0.3 is 0 Å². The Bertz CT molecular complexity index is 852. The number of aromatic nitrogens is 3. The molecule has 1 saturated heterocycles. The van der Waals surface area contributed by atoms with E-state index in [1.165, 1.54) is 0 Å². The first-order chi connectivity index (χ1) is 12.9. The molecule has 0 radical (unpaired) electrons. The molecule has 0 bridgehead atoms. The van der Waals surface area contributed by atoms with Crippen molar-refractivity contribution >= 4 is 40.7 Å². The monoisotopic (exact) mass is 409 g/mol. The van der Waals surface area contributed by atoms with Gasteiger partial charge in [-0.2, -0.15) is 0 Å². The molecule has 1 aliphatic heterocycles. The Labute approximate surface area is 167 Å². The van der Waals surface area contributed by atoms with E-state index in [0.29, 0.717) is 41.7 Å². The lowest BCUT2D eigenvalue weighted by molar-refractivity contribution is -0.132. The van der Waals surface area contributed by atoms with Crippen molar-refractivity contribution < 1.29 is 9.59 Å². The van der Waals surface area contributed by atoms with Crippen LogP contribution in [0.1, 0.15) is 32.1 Å². The van der Waals surface area contributed by atoms with Gasteiger partial charge in [0.2, 0.25) is 11.8 Å². The summed E-state index contributed by atoms with van der Waals surface area (Å²) >= 11 is 12.0. The van der Waals surface area contributed by atoms with E-state index in [2.05, 4.69) is 15.5 Å². The molecule has 9 heteroatoms. The van der Waals surface area contributed by atoms with Crippen LogP contribution in [0.5, 0.6) is 0 Å². The summed E-state index contributed by atoms with van der Waals surface area (Å²) < 4.78 is 1.96. The zero-order valence-electron chi connectivity index (χ0n) is 15.2. The van der Waals surface area contributed by atoms with Gasteiger partial charge in [-0.25, -0.2) is 0 Å². The lowest BCUT2D eigenvalue weighted by atomic mass is 10.1. The van der Waals surface area contributed by atoms with Crippen LogP contribution in [0.25, 0.3) is 0 Å². The quantitative estimate of drug-likeness (QED) is 0.743. The summed E-state index contributed by atoms with van der Waals surface area (Å²) in [5.41, 5.74) is 0.648. The van der Waals surface area contributed by atoms with Crippen LogP contribution >= 0.6 is 23.2 Å². The number of hydrogen-bond donors (Lipinski definition) is 1. The molecule has 2 amide bonds. The minimum absolute atomic E-state index is 0.226. The second-order valence-electron chi connectivity index (χ2n) is 6.72.